The van der Waals surface area contributed by atoms with Crippen molar-refractivity contribution in [2.45, 2.75) is 58.9 Å². The minimum Gasteiger partial charge on any atom is -0.373 e. The van der Waals surface area contributed by atoms with Gasteiger partial charge in [0.1, 0.15) is 0 Å². The zero-order chi connectivity index (χ0) is 22.1. The second-order valence-electron chi connectivity index (χ2n) is 7.77. The van der Waals surface area contributed by atoms with Crippen LogP contribution in [0.1, 0.15) is 43.0 Å². The van der Waals surface area contributed by atoms with Crippen LogP contribution in [0, 0.1) is 13.8 Å². The Morgan fingerprint density at radius 2 is 1.87 bits per heavy atom. The maximum Gasteiger partial charge on any atom is 0.453 e. The molecule has 1 aliphatic heterocycles. The van der Waals surface area contributed by atoms with Crippen LogP contribution in [0.15, 0.2) is 0 Å². The topological polar surface area (TPSA) is 84.6 Å². The highest BCUT2D eigenvalue weighted by Crippen LogP contribution is 2.27. The van der Waals surface area contributed by atoms with Crippen molar-refractivity contribution in [3.63, 3.8) is 0 Å². The second kappa shape index (κ2) is 8.84. The Morgan fingerprint density at radius 3 is 2.50 bits per heavy atom. The molecule has 30 heavy (non-hydrogen) atoms. The largest absolute Gasteiger partial charge is 0.453 e. The number of halogens is 3. The molecule has 1 saturated heterocycles. The standard InChI is InChI=1S/C19H27F3N6O2/c1-11-9-27(10-12(2)30-11)8-7-23-16(29)6-5-15-13(3)24-18-25-17(19(20,21)22)26-28(18)14(15)4/h11-12H,5-10H2,1-4H3,(H,23,29). The van der Waals surface area contributed by atoms with Crippen molar-refractivity contribution in [3.05, 3.63) is 22.8 Å². The fourth-order valence-corrected chi connectivity index (χ4v) is 3.84. The molecule has 0 bridgehead atoms. The predicted octanol–water partition coefficient (Wildman–Crippen LogP) is 1.92. The van der Waals surface area contributed by atoms with E-state index in [9.17, 15) is 18.0 Å². The maximum absolute atomic E-state index is 12.9. The maximum atomic E-state index is 12.9. The van der Waals surface area contributed by atoms with E-state index in [0.29, 0.717) is 29.9 Å². The van der Waals surface area contributed by atoms with Crippen LogP contribution in [0.3, 0.4) is 0 Å². The fraction of sp³-hybridized carbons (Fsp3) is 0.684. The lowest BCUT2D eigenvalue weighted by atomic mass is 10.1. The van der Waals surface area contributed by atoms with Gasteiger partial charge in [0.2, 0.25) is 5.91 Å². The number of aryl methyl sites for hydroxylation is 2. The van der Waals surface area contributed by atoms with Gasteiger partial charge in [-0.1, -0.05) is 0 Å². The van der Waals surface area contributed by atoms with E-state index in [2.05, 4.69) is 25.3 Å². The molecule has 3 rings (SSSR count). The third-order valence-corrected chi connectivity index (χ3v) is 5.15. The molecule has 0 spiro atoms. The van der Waals surface area contributed by atoms with Crippen molar-refractivity contribution in [1.82, 2.24) is 29.8 Å². The quantitative estimate of drug-likeness (QED) is 0.757. The number of morpholine rings is 1. The van der Waals surface area contributed by atoms with Crippen LogP contribution in [0.25, 0.3) is 5.78 Å². The van der Waals surface area contributed by atoms with E-state index in [4.69, 9.17) is 4.74 Å². The van der Waals surface area contributed by atoms with Gasteiger partial charge in [-0.3, -0.25) is 9.69 Å². The molecule has 0 saturated carbocycles. The van der Waals surface area contributed by atoms with Gasteiger partial charge in [0.25, 0.3) is 11.6 Å². The lowest BCUT2D eigenvalue weighted by Crippen LogP contribution is -2.47. The first kappa shape index (κ1) is 22.4. The Kier molecular flexibility index (Phi) is 6.61. The molecular formula is C19H27F3N6O2. The summed E-state index contributed by atoms with van der Waals surface area (Å²) in [4.78, 5) is 22.1. The average Bonchev–Trinajstić information content (AvgIpc) is 3.05. The summed E-state index contributed by atoms with van der Waals surface area (Å²) in [6, 6.07) is 0. The molecule has 1 N–H and O–H groups in total. The summed E-state index contributed by atoms with van der Waals surface area (Å²) in [6.07, 6.45) is -3.71. The van der Waals surface area contributed by atoms with Crippen LogP contribution in [0.4, 0.5) is 13.2 Å². The number of hydrogen-bond donors (Lipinski definition) is 1. The second-order valence-corrected chi connectivity index (χ2v) is 7.77. The van der Waals surface area contributed by atoms with Crippen molar-refractivity contribution in [2.75, 3.05) is 26.2 Å². The van der Waals surface area contributed by atoms with Gasteiger partial charge in [-0.15, -0.1) is 5.10 Å². The number of nitrogens with zero attached hydrogens (tertiary/aromatic N) is 5. The summed E-state index contributed by atoms with van der Waals surface area (Å²) < 4.78 is 45.4. The number of nitrogens with one attached hydrogen (secondary N) is 1. The van der Waals surface area contributed by atoms with Gasteiger partial charge in [-0.2, -0.15) is 18.2 Å². The van der Waals surface area contributed by atoms with Gasteiger partial charge in [0.15, 0.2) is 0 Å². The number of hydrogen-bond acceptors (Lipinski definition) is 6. The summed E-state index contributed by atoms with van der Waals surface area (Å²) in [6.45, 7) is 10.4. The Morgan fingerprint density at radius 1 is 1.20 bits per heavy atom. The Labute approximate surface area is 172 Å². The minimum absolute atomic E-state index is 0.0977. The third-order valence-electron chi connectivity index (χ3n) is 5.15. The lowest BCUT2D eigenvalue weighted by Gasteiger charge is -2.35. The summed E-state index contributed by atoms with van der Waals surface area (Å²) in [5, 5.41) is 6.43. The van der Waals surface area contributed by atoms with Crippen LogP contribution < -0.4 is 5.32 Å². The highest BCUT2D eigenvalue weighted by atomic mass is 19.4. The molecule has 2 aromatic rings. The van der Waals surface area contributed by atoms with Crippen LogP contribution in [0.5, 0.6) is 0 Å². The Bertz CT molecular complexity index is 904. The third kappa shape index (κ3) is 5.25. The van der Waals surface area contributed by atoms with Crippen LogP contribution in [0.2, 0.25) is 0 Å². The molecule has 2 atom stereocenters. The molecule has 0 aromatic carbocycles. The zero-order valence-electron chi connectivity index (χ0n) is 17.6. The SMILES string of the molecule is Cc1nc2nc(C(F)(F)F)nn2c(C)c1CCC(=O)NCCN1CC(C)OC(C)C1. The number of carbonyl (C=O) groups excluding carboxylic acids is 1. The predicted molar refractivity (Wildman–Crippen MR) is 103 cm³/mol. The van der Waals surface area contributed by atoms with E-state index in [1.165, 1.54) is 0 Å². The van der Waals surface area contributed by atoms with Crippen molar-refractivity contribution >= 4 is 11.7 Å². The van der Waals surface area contributed by atoms with Gasteiger partial charge >= 0.3 is 6.18 Å². The highest BCUT2D eigenvalue weighted by Gasteiger charge is 2.37. The molecule has 8 nitrogen and oxygen atoms in total. The first-order valence-corrected chi connectivity index (χ1v) is 9.99. The molecule has 0 aliphatic carbocycles. The van der Waals surface area contributed by atoms with E-state index in [-0.39, 0.29) is 30.3 Å². The van der Waals surface area contributed by atoms with Gasteiger partial charge in [0, 0.05) is 44.0 Å². The number of fused-ring (bicyclic) bond motifs is 1. The van der Waals surface area contributed by atoms with E-state index < -0.39 is 12.0 Å². The van der Waals surface area contributed by atoms with Gasteiger partial charge in [0.05, 0.1) is 12.2 Å². The van der Waals surface area contributed by atoms with Gasteiger partial charge in [-0.05, 0) is 39.7 Å². The van der Waals surface area contributed by atoms with E-state index in [1.54, 1.807) is 13.8 Å². The summed E-state index contributed by atoms with van der Waals surface area (Å²) >= 11 is 0. The Hall–Kier alpha value is -2.27. The molecule has 1 amide bonds. The average molecular weight is 428 g/mol. The Balaban J connectivity index is 1.56. The van der Waals surface area contributed by atoms with Crippen LogP contribution in [-0.4, -0.2) is 68.8 Å². The van der Waals surface area contributed by atoms with Gasteiger partial charge < -0.3 is 10.1 Å². The molecule has 11 heteroatoms. The molecule has 2 aromatic heterocycles. The van der Waals surface area contributed by atoms with E-state index >= 15 is 0 Å². The lowest BCUT2D eigenvalue weighted by molar-refractivity contribution is -0.144. The molecule has 0 radical (unpaired) electrons. The van der Waals surface area contributed by atoms with E-state index in [0.717, 1.165) is 24.1 Å². The number of alkyl halides is 3. The van der Waals surface area contributed by atoms with Crippen molar-refractivity contribution < 1.29 is 22.7 Å². The highest BCUT2D eigenvalue weighted by molar-refractivity contribution is 5.76. The summed E-state index contributed by atoms with van der Waals surface area (Å²) in [7, 11) is 0. The molecule has 1 aliphatic rings. The first-order chi connectivity index (χ1) is 14.0. The number of aromatic nitrogens is 4. The first-order valence-electron chi connectivity index (χ1n) is 9.99. The van der Waals surface area contributed by atoms with E-state index in [1.807, 2.05) is 13.8 Å². The van der Waals surface area contributed by atoms with Crippen molar-refractivity contribution in [3.8, 4) is 0 Å². The number of ether oxygens (including phenoxy) is 1. The fourth-order valence-electron chi connectivity index (χ4n) is 3.84. The number of carbonyl (C=O) groups is 1. The summed E-state index contributed by atoms with van der Waals surface area (Å²) in [5.74, 6) is -1.43. The summed E-state index contributed by atoms with van der Waals surface area (Å²) in [5.41, 5.74) is 1.75. The molecular weight excluding hydrogens is 401 g/mol. The number of amides is 1. The van der Waals surface area contributed by atoms with Crippen LogP contribution >= 0.6 is 0 Å². The van der Waals surface area contributed by atoms with Crippen LogP contribution in [-0.2, 0) is 22.1 Å². The van der Waals surface area contributed by atoms with Gasteiger partial charge in [-0.25, -0.2) is 9.50 Å². The zero-order valence-corrected chi connectivity index (χ0v) is 17.6. The monoisotopic (exact) mass is 428 g/mol. The van der Waals surface area contributed by atoms with Crippen molar-refractivity contribution in [1.29, 1.82) is 0 Å². The molecule has 1 fully saturated rings. The normalized spacial score (nSPS) is 20.6. The molecule has 2 unspecified atom stereocenters. The molecule has 3 heterocycles. The minimum atomic E-state index is -4.63. The number of rotatable bonds is 6. The molecule has 166 valence electrons. The smallest absolute Gasteiger partial charge is 0.373 e. The van der Waals surface area contributed by atoms with Crippen molar-refractivity contribution in [2.24, 2.45) is 0 Å².